The standard InChI is InChI=1S/C18H16FN3O2/c1-10-13(14-8-11(19)6-7-16(14)21-10)9-17(23)22-15-5-3-2-4-12(15)18(20)24/h2-8,21H,9H2,1H3,(H2,20,24)(H,22,23). The molecule has 0 unspecified atom stereocenters. The van der Waals surface area contributed by atoms with Crippen molar-refractivity contribution in [1.29, 1.82) is 0 Å². The van der Waals surface area contributed by atoms with Crippen LogP contribution in [0.1, 0.15) is 21.6 Å². The topological polar surface area (TPSA) is 88.0 Å². The monoisotopic (exact) mass is 325 g/mol. The Labute approximate surface area is 137 Å². The zero-order valence-electron chi connectivity index (χ0n) is 13.0. The fourth-order valence-corrected chi connectivity index (χ4v) is 2.74. The Morgan fingerprint density at radius 2 is 1.96 bits per heavy atom. The van der Waals surface area contributed by atoms with Crippen molar-refractivity contribution in [2.45, 2.75) is 13.3 Å². The Hall–Kier alpha value is -3.15. The minimum atomic E-state index is -0.615. The molecule has 0 aliphatic heterocycles. The number of nitrogens with one attached hydrogen (secondary N) is 2. The Morgan fingerprint density at radius 1 is 1.21 bits per heavy atom. The van der Waals surface area contributed by atoms with Gasteiger partial charge in [-0.05, 0) is 42.8 Å². The molecule has 0 saturated carbocycles. The number of fused-ring (bicyclic) bond motifs is 1. The van der Waals surface area contributed by atoms with Crippen LogP contribution in [0.15, 0.2) is 42.5 Å². The number of amides is 2. The van der Waals surface area contributed by atoms with Crippen molar-refractivity contribution in [2.75, 3.05) is 5.32 Å². The van der Waals surface area contributed by atoms with Crippen molar-refractivity contribution in [3.63, 3.8) is 0 Å². The van der Waals surface area contributed by atoms with E-state index in [0.717, 1.165) is 16.8 Å². The van der Waals surface area contributed by atoms with E-state index in [1.54, 1.807) is 30.3 Å². The summed E-state index contributed by atoms with van der Waals surface area (Å²) in [6, 6.07) is 10.9. The molecule has 122 valence electrons. The third kappa shape index (κ3) is 2.99. The Bertz CT molecular complexity index is 947. The van der Waals surface area contributed by atoms with Gasteiger partial charge in [0.1, 0.15) is 5.82 Å². The first-order valence-corrected chi connectivity index (χ1v) is 7.41. The molecule has 0 saturated heterocycles. The molecule has 3 aromatic rings. The van der Waals surface area contributed by atoms with Crippen LogP contribution in [-0.2, 0) is 11.2 Å². The number of halogens is 1. The maximum Gasteiger partial charge on any atom is 0.250 e. The van der Waals surface area contributed by atoms with Gasteiger partial charge in [-0.3, -0.25) is 9.59 Å². The molecular weight excluding hydrogens is 309 g/mol. The molecule has 0 atom stereocenters. The van der Waals surface area contributed by atoms with Gasteiger partial charge in [0.15, 0.2) is 0 Å². The summed E-state index contributed by atoms with van der Waals surface area (Å²) in [4.78, 5) is 26.9. The molecule has 3 rings (SSSR count). The average molecular weight is 325 g/mol. The summed E-state index contributed by atoms with van der Waals surface area (Å²) in [5, 5.41) is 3.36. The van der Waals surface area contributed by atoms with Crippen molar-refractivity contribution in [2.24, 2.45) is 5.73 Å². The van der Waals surface area contributed by atoms with Crippen LogP contribution in [0.4, 0.5) is 10.1 Å². The van der Waals surface area contributed by atoms with Gasteiger partial charge in [-0.1, -0.05) is 12.1 Å². The molecule has 0 bridgehead atoms. The molecule has 0 fully saturated rings. The average Bonchev–Trinajstić information content (AvgIpc) is 2.83. The number of rotatable bonds is 4. The largest absolute Gasteiger partial charge is 0.366 e. The Morgan fingerprint density at radius 3 is 2.71 bits per heavy atom. The van der Waals surface area contributed by atoms with Crippen LogP contribution in [0.5, 0.6) is 0 Å². The number of hydrogen-bond donors (Lipinski definition) is 3. The first-order valence-electron chi connectivity index (χ1n) is 7.41. The summed E-state index contributed by atoms with van der Waals surface area (Å²) in [7, 11) is 0. The maximum atomic E-state index is 13.5. The molecular formula is C18H16FN3O2. The molecule has 2 aromatic carbocycles. The number of carbonyl (C=O) groups is 2. The van der Waals surface area contributed by atoms with Gasteiger partial charge in [0.05, 0.1) is 17.7 Å². The second kappa shape index (κ2) is 6.16. The minimum absolute atomic E-state index is 0.0579. The predicted molar refractivity (Wildman–Crippen MR) is 90.3 cm³/mol. The number of primary amides is 1. The second-order valence-corrected chi connectivity index (χ2v) is 5.55. The molecule has 1 heterocycles. The van der Waals surface area contributed by atoms with E-state index in [-0.39, 0.29) is 23.7 Å². The molecule has 6 heteroatoms. The highest BCUT2D eigenvalue weighted by Crippen LogP contribution is 2.24. The number of aromatic amines is 1. The van der Waals surface area contributed by atoms with E-state index >= 15 is 0 Å². The summed E-state index contributed by atoms with van der Waals surface area (Å²) in [6.45, 7) is 1.83. The summed E-state index contributed by atoms with van der Waals surface area (Å²) >= 11 is 0. The highest BCUT2D eigenvalue weighted by atomic mass is 19.1. The number of nitrogens with two attached hydrogens (primary N) is 1. The van der Waals surface area contributed by atoms with Crippen LogP contribution in [-0.4, -0.2) is 16.8 Å². The third-order valence-corrected chi connectivity index (χ3v) is 3.89. The molecule has 1 aromatic heterocycles. The molecule has 0 radical (unpaired) electrons. The van der Waals surface area contributed by atoms with Gasteiger partial charge in [0.2, 0.25) is 5.91 Å². The van der Waals surface area contributed by atoms with Gasteiger partial charge >= 0.3 is 0 Å². The van der Waals surface area contributed by atoms with Crippen LogP contribution in [0.2, 0.25) is 0 Å². The Balaban J connectivity index is 1.87. The quantitative estimate of drug-likeness (QED) is 0.688. The predicted octanol–water partition coefficient (Wildman–Crippen LogP) is 2.90. The van der Waals surface area contributed by atoms with E-state index in [9.17, 15) is 14.0 Å². The minimum Gasteiger partial charge on any atom is -0.366 e. The number of benzene rings is 2. The number of aromatic nitrogens is 1. The fourth-order valence-electron chi connectivity index (χ4n) is 2.74. The normalized spacial score (nSPS) is 10.8. The van der Waals surface area contributed by atoms with E-state index in [1.807, 2.05) is 6.92 Å². The van der Waals surface area contributed by atoms with Crippen molar-refractivity contribution in [3.05, 3.63) is 65.1 Å². The molecule has 5 nitrogen and oxygen atoms in total. The lowest BCUT2D eigenvalue weighted by atomic mass is 10.1. The van der Waals surface area contributed by atoms with E-state index in [1.165, 1.54) is 12.1 Å². The lowest BCUT2D eigenvalue weighted by Gasteiger charge is -2.09. The Kier molecular flexibility index (Phi) is 4.04. The van der Waals surface area contributed by atoms with Gasteiger partial charge in [0.25, 0.3) is 5.91 Å². The zero-order valence-corrected chi connectivity index (χ0v) is 13.0. The van der Waals surface area contributed by atoms with Crippen molar-refractivity contribution in [1.82, 2.24) is 4.98 Å². The lowest BCUT2D eigenvalue weighted by molar-refractivity contribution is -0.115. The summed E-state index contributed by atoms with van der Waals surface area (Å²) in [6.07, 6.45) is 0.0579. The number of H-pyrrole nitrogens is 1. The number of anilines is 1. The van der Waals surface area contributed by atoms with Gasteiger partial charge < -0.3 is 16.0 Å². The molecule has 4 N–H and O–H groups in total. The van der Waals surface area contributed by atoms with Crippen molar-refractivity contribution < 1.29 is 14.0 Å². The lowest BCUT2D eigenvalue weighted by Crippen LogP contribution is -2.19. The third-order valence-electron chi connectivity index (χ3n) is 3.89. The second-order valence-electron chi connectivity index (χ2n) is 5.55. The zero-order chi connectivity index (χ0) is 17.3. The molecule has 0 aliphatic rings. The van der Waals surface area contributed by atoms with Crippen LogP contribution >= 0.6 is 0 Å². The summed E-state index contributed by atoms with van der Waals surface area (Å²) in [5.41, 5.74) is 8.20. The molecule has 24 heavy (non-hydrogen) atoms. The smallest absolute Gasteiger partial charge is 0.250 e. The summed E-state index contributed by atoms with van der Waals surface area (Å²) < 4.78 is 13.5. The number of carbonyl (C=O) groups excluding carboxylic acids is 2. The van der Waals surface area contributed by atoms with E-state index < -0.39 is 5.91 Å². The van der Waals surface area contributed by atoms with E-state index in [0.29, 0.717) is 11.1 Å². The highest BCUT2D eigenvalue weighted by Gasteiger charge is 2.15. The van der Waals surface area contributed by atoms with Crippen LogP contribution in [0, 0.1) is 12.7 Å². The molecule has 2 amide bonds. The van der Waals surface area contributed by atoms with Gasteiger partial charge in [-0.25, -0.2) is 4.39 Å². The first kappa shape index (κ1) is 15.7. The molecule has 0 aliphatic carbocycles. The molecule has 0 spiro atoms. The van der Waals surface area contributed by atoms with E-state index in [2.05, 4.69) is 10.3 Å². The van der Waals surface area contributed by atoms with Gasteiger partial charge in [-0.2, -0.15) is 0 Å². The van der Waals surface area contributed by atoms with Crippen LogP contribution in [0.25, 0.3) is 10.9 Å². The van der Waals surface area contributed by atoms with Crippen molar-refractivity contribution in [3.8, 4) is 0 Å². The first-order chi connectivity index (χ1) is 11.5. The van der Waals surface area contributed by atoms with Crippen LogP contribution in [0.3, 0.4) is 0 Å². The number of hydrogen-bond acceptors (Lipinski definition) is 2. The fraction of sp³-hybridized carbons (Fsp3) is 0.111. The number of aryl methyl sites for hydroxylation is 1. The van der Waals surface area contributed by atoms with Crippen LogP contribution < -0.4 is 11.1 Å². The van der Waals surface area contributed by atoms with E-state index in [4.69, 9.17) is 5.73 Å². The SMILES string of the molecule is Cc1[nH]c2ccc(F)cc2c1CC(=O)Nc1ccccc1C(N)=O. The summed E-state index contributed by atoms with van der Waals surface area (Å²) in [5.74, 6) is -1.28. The number of para-hydroxylation sites is 1. The van der Waals surface area contributed by atoms with Crippen molar-refractivity contribution >= 4 is 28.4 Å². The highest BCUT2D eigenvalue weighted by molar-refractivity contribution is 6.04. The maximum absolute atomic E-state index is 13.5. The van der Waals surface area contributed by atoms with Gasteiger partial charge in [0, 0.05) is 16.6 Å². The van der Waals surface area contributed by atoms with Gasteiger partial charge in [-0.15, -0.1) is 0 Å².